The van der Waals surface area contributed by atoms with Gasteiger partial charge in [-0.3, -0.25) is 9.59 Å². The summed E-state index contributed by atoms with van der Waals surface area (Å²) in [6, 6.07) is 14.9. The molecule has 33 heavy (non-hydrogen) atoms. The van der Waals surface area contributed by atoms with Gasteiger partial charge in [-0.1, -0.05) is 62.9 Å². The Labute approximate surface area is 198 Å². The lowest BCUT2D eigenvalue weighted by molar-refractivity contribution is -0.144. The summed E-state index contributed by atoms with van der Waals surface area (Å²) in [6.07, 6.45) is 11.7. The average molecular weight is 450 g/mol. The minimum Gasteiger partial charge on any atom is -0.345 e. The van der Waals surface area contributed by atoms with Gasteiger partial charge in [0.1, 0.15) is 0 Å². The van der Waals surface area contributed by atoms with Gasteiger partial charge in [-0.15, -0.1) is 0 Å². The van der Waals surface area contributed by atoms with Crippen molar-refractivity contribution in [1.29, 1.82) is 0 Å². The van der Waals surface area contributed by atoms with Crippen molar-refractivity contribution in [2.24, 2.45) is 5.92 Å². The lowest BCUT2D eigenvalue weighted by Crippen LogP contribution is -2.46. The Morgan fingerprint density at radius 3 is 2.42 bits per heavy atom. The molecule has 1 heterocycles. The van der Waals surface area contributed by atoms with Gasteiger partial charge in [-0.2, -0.15) is 0 Å². The van der Waals surface area contributed by atoms with E-state index < -0.39 is 0 Å². The lowest BCUT2D eigenvalue weighted by Gasteiger charge is -2.31. The number of hydrogen-bond acceptors (Lipinski definition) is 2. The van der Waals surface area contributed by atoms with Crippen LogP contribution in [0.1, 0.15) is 76.0 Å². The van der Waals surface area contributed by atoms with Crippen LogP contribution in [0.15, 0.2) is 48.7 Å². The van der Waals surface area contributed by atoms with Crippen LogP contribution in [-0.4, -0.2) is 45.3 Å². The topological polar surface area (TPSA) is 45.6 Å². The second-order valence-electron chi connectivity index (χ2n) is 9.81. The highest BCUT2D eigenvalue weighted by molar-refractivity contribution is 5.86. The van der Waals surface area contributed by atoms with Crippen LogP contribution in [0.4, 0.5) is 0 Å². The molecule has 0 aliphatic heterocycles. The number of nitrogens with zero attached hydrogens (tertiary/aromatic N) is 3. The van der Waals surface area contributed by atoms with Crippen LogP contribution in [0.25, 0.3) is 0 Å². The fourth-order valence-electron chi connectivity index (χ4n) is 4.99. The van der Waals surface area contributed by atoms with Gasteiger partial charge in [0.25, 0.3) is 0 Å². The molecule has 0 atom stereocenters. The highest BCUT2D eigenvalue weighted by Gasteiger charge is 2.35. The van der Waals surface area contributed by atoms with Crippen LogP contribution in [0.3, 0.4) is 0 Å². The van der Waals surface area contributed by atoms with Crippen molar-refractivity contribution < 1.29 is 9.59 Å². The average Bonchev–Trinajstić information content (AvgIpc) is 3.60. The largest absolute Gasteiger partial charge is 0.345 e. The molecule has 178 valence electrons. The minimum atomic E-state index is 0.102. The maximum Gasteiger partial charge on any atom is 0.242 e. The Kier molecular flexibility index (Phi) is 8.25. The molecule has 2 saturated carbocycles. The van der Waals surface area contributed by atoms with E-state index in [1.54, 1.807) is 0 Å². The molecule has 0 saturated heterocycles. The lowest BCUT2D eigenvalue weighted by atomic mass is 9.88. The van der Waals surface area contributed by atoms with Crippen LogP contribution in [0.5, 0.6) is 0 Å². The molecule has 4 rings (SSSR count). The van der Waals surface area contributed by atoms with Crippen molar-refractivity contribution in [2.75, 3.05) is 13.1 Å². The van der Waals surface area contributed by atoms with Crippen molar-refractivity contribution in [3.05, 3.63) is 59.9 Å². The summed E-state index contributed by atoms with van der Waals surface area (Å²) in [4.78, 5) is 30.7. The van der Waals surface area contributed by atoms with E-state index in [2.05, 4.69) is 54.1 Å². The molecule has 1 aromatic carbocycles. The molecule has 2 aliphatic rings. The Morgan fingerprint density at radius 1 is 0.970 bits per heavy atom. The van der Waals surface area contributed by atoms with E-state index in [0.717, 1.165) is 63.6 Å². The number of rotatable bonds is 11. The van der Waals surface area contributed by atoms with Crippen molar-refractivity contribution in [3.8, 4) is 0 Å². The fourth-order valence-corrected chi connectivity index (χ4v) is 4.99. The summed E-state index contributed by atoms with van der Waals surface area (Å²) < 4.78 is 2.24. The molecule has 2 amide bonds. The second-order valence-corrected chi connectivity index (χ2v) is 9.81. The maximum atomic E-state index is 13.5. The van der Waals surface area contributed by atoms with E-state index in [4.69, 9.17) is 0 Å². The smallest absolute Gasteiger partial charge is 0.242 e. The van der Waals surface area contributed by atoms with Crippen molar-refractivity contribution in [3.63, 3.8) is 0 Å². The third kappa shape index (κ3) is 6.49. The number of carbonyl (C=O) groups excluding carboxylic acids is 2. The van der Waals surface area contributed by atoms with Gasteiger partial charge in [0.15, 0.2) is 0 Å². The summed E-state index contributed by atoms with van der Waals surface area (Å²) in [5.74, 6) is 0.422. The van der Waals surface area contributed by atoms with Crippen LogP contribution in [0, 0.1) is 5.92 Å². The van der Waals surface area contributed by atoms with Crippen LogP contribution < -0.4 is 0 Å². The normalized spacial score (nSPS) is 16.5. The van der Waals surface area contributed by atoms with E-state index in [0.29, 0.717) is 19.1 Å². The summed E-state index contributed by atoms with van der Waals surface area (Å²) in [5.41, 5.74) is 2.40. The molecule has 5 heteroatoms. The first-order valence-electron chi connectivity index (χ1n) is 12.9. The molecule has 2 fully saturated rings. The third-order valence-electron chi connectivity index (χ3n) is 7.13. The minimum absolute atomic E-state index is 0.102. The van der Waals surface area contributed by atoms with Gasteiger partial charge >= 0.3 is 0 Å². The zero-order valence-electron chi connectivity index (χ0n) is 20.1. The second kappa shape index (κ2) is 11.5. The van der Waals surface area contributed by atoms with E-state index in [-0.39, 0.29) is 24.3 Å². The molecule has 0 radical (unpaired) electrons. The number of benzene rings is 1. The van der Waals surface area contributed by atoms with Gasteiger partial charge < -0.3 is 14.4 Å². The predicted molar refractivity (Wildman–Crippen MR) is 132 cm³/mol. The van der Waals surface area contributed by atoms with Crippen LogP contribution in [0.2, 0.25) is 0 Å². The molecule has 1 aromatic heterocycles. The third-order valence-corrected chi connectivity index (χ3v) is 7.13. The standard InChI is InChI=1S/C28H39N3O2/c1-2-3-18-30(28(33)24-13-8-5-9-14-24)22-27(32)31(25-16-17-25)21-26-15-10-19-29(26)20-23-11-6-4-7-12-23/h4,6-7,10-12,15,19,24-25H,2-3,5,8-9,13-14,16-18,20-22H2,1H3. The number of amides is 2. The molecule has 0 bridgehead atoms. The SMILES string of the molecule is CCCCN(CC(=O)N(Cc1cccn1Cc1ccccc1)C1CC1)C(=O)C1CCCCC1. The van der Waals surface area contributed by atoms with Crippen molar-refractivity contribution >= 4 is 11.8 Å². The van der Waals surface area contributed by atoms with E-state index in [1.165, 1.54) is 12.0 Å². The Balaban J connectivity index is 1.43. The molecular formula is C28H39N3O2. The zero-order chi connectivity index (χ0) is 23.0. The predicted octanol–water partition coefficient (Wildman–Crippen LogP) is 5.24. The van der Waals surface area contributed by atoms with Gasteiger partial charge in [0.05, 0.1) is 13.1 Å². The first-order chi connectivity index (χ1) is 16.2. The first kappa shape index (κ1) is 23.6. The molecule has 0 spiro atoms. The molecule has 0 unspecified atom stereocenters. The van der Waals surface area contributed by atoms with Gasteiger partial charge in [-0.25, -0.2) is 0 Å². The van der Waals surface area contributed by atoms with Gasteiger partial charge in [0.2, 0.25) is 11.8 Å². The molecule has 2 aromatic rings. The van der Waals surface area contributed by atoms with Crippen molar-refractivity contribution in [2.45, 2.75) is 83.8 Å². The van der Waals surface area contributed by atoms with Crippen molar-refractivity contribution in [1.82, 2.24) is 14.4 Å². The maximum absolute atomic E-state index is 13.5. The number of carbonyl (C=O) groups is 2. The highest BCUT2D eigenvalue weighted by Crippen LogP contribution is 2.30. The van der Waals surface area contributed by atoms with Crippen LogP contribution >= 0.6 is 0 Å². The number of hydrogen-bond donors (Lipinski definition) is 0. The Hall–Kier alpha value is -2.56. The zero-order valence-corrected chi connectivity index (χ0v) is 20.1. The van der Waals surface area contributed by atoms with E-state index in [9.17, 15) is 9.59 Å². The molecule has 2 aliphatic carbocycles. The quantitative estimate of drug-likeness (QED) is 0.471. The summed E-state index contributed by atoms with van der Waals surface area (Å²) >= 11 is 0. The summed E-state index contributed by atoms with van der Waals surface area (Å²) in [5, 5.41) is 0. The summed E-state index contributed by atoms with van der Waals surface area (Å²) in [6.45, 7) is 4.48. The van der Waals surface area contributed by atoms with Crippen LogP contribution in [-0.2, 0) is 22.7 Å². The van der Waals surface area contributed by atoms with Gasteiger partial charge in [0, 0.05) is 36.9 Å². The van der Waals surface area contributed by atoms with Gasteiger partial charge in [-0.05, 0) is 49.8 Å². The van der Waals surface area contributed by atoms with E-state index >= 15 is 0 Å². The fraction of sp³-hybridized carbons (Fsp3) is 0.571. The van der Waals surface area contributed by atoms with E-state index in [1.807, 2.05) is 15.9 Å². The number of aromatic nitrogens is 1. The number of unbranched alkanes of at least 4 members (excludes halogenated alkanes) is 1. The Bertz CT molecular complexity index is 897. The molecular weight excluding hydrogens is 410 g/mol. The summed E-state index contributed by atoms with van der Waals surface area (Å²) in [7, 11) is 0. The Morgan fingerprint density at radius 2 is 1.73 bits per heavy atom. The monoisotopic (exact) mass is 449 g/mol. The first-order valence-corrected chi connectivity index (χ1v) is 12.9. The highest BCUT2D eigenvalue weighted by atomic mass is 16.2. The molecule has 0 N–H and O–H groups in total. The molecule has 5 nitrogen and oxygen atoms in total.